The molecular formula is C78H112N4O12. The molecule has 12 rings (SSSR count). The van der Waals surface area contributed by atoms with Crippen molar-refractivity contribution >= 4 is 23.1 Å². The summed E-state index contributed by atoms with van der Waals surface area (Å²) in [6, 6.07) is -16.7. The Labute approximate surface area is 652 Å². The van der Waals surface area contributed by atoms with Crippen LogP contribution in [0.5, 0.6) is 46.0 Å². The van der Waals surface area contributed by atoms with Crippen molar-refractivity contribution in [2.24, 2.45) is 47.3 Å². The van der Waals surface area contributed by atoms with Gasteiger partial charge in [-0.3, -0.25) is 38.8 Å². The smallest absolute Gasteiger partial charge is 0.161 e. The van der Waals surface area contributed by atoms with E-state index < -0.39 is 377 Å². The van der Waals surface area contributed by atoms with Crippen LogP contribution in [0.25, 0.3) is 0 Å². The number of ketones is 4. The van der Waals surface area contributed by atoms with Gasteiger partial charge in [0.1, 0.15) is 23.1 Å². The normalized spacial score (nSPS) is 44.2. The van der Waals surface area contributed by atoms with Crippen LogP contribution >= 0.6 is 0 Å². The lowest BCUT2D eigenvalue weighted by molar-refractivity contribution is -0.130. The van der Waals surface area contributed by atoms with E-state index in [4.69, 9.17) is 124 Å². The third kappa shape index (κ3) is 16.4. The monoisotopic (exact) mass is 1360 g/mol. The molecule has 0 aromatic heterocycles. The maximum Gasteiger partial charge on any atom is 0.161 e. The highest BCUT2D eigenvalue weighted by molar-refractivity contribution is 5.85. The van der Waals surface area contributed by atoms with Crippen molar-refractivity contribution in [1.29, 1.82) is 0 Å². The molecule has 94 heavy (non-hydrogen) atoms. The minimum atomic E-state index is -3.94. The minimum Gasteiger partial charge on any atom is -0.493 e. The molecule has 16 nitrogen and oxygen atoms in total. The number of benzene rings is 4. The zero-order valence-electron chi connectivity index (χ0n) is 116. The van der Waals surface area contributed by atoms with Gasteiger partial charge in [-0.2, -0.15) is 0 Å². The Morgan fingerprint density at radius 3 is 1.35 bits per heavy atom. The molecule has 8 aliphatic heterocycles. The number of carbonyl (C=O) groups excluding carboxylic acids is 4. The van der Waals surface area contributed by atoms with Gasteiger partial charge in [-0.05, 0) is 168 Å². The first-order valence-corrected chi connectivity index (χ1v) is 29.1. The predicted molar refractivity (Wildman–Crippen MR) is 370 cm³/mol. The standard InChI is InChI=1S/2C20H29NO3.2C19H27NO3/c2*1-5-13(2)8-15-12-21-7-6-14-9-19(23-3)20(24-4)10-16(14)17(21)11-18(15)22;2*1-12(2)7-14-11-20-6-5-13-8-18(22-3)19(23-4)9-15(13)16(20)10-17(14)21/h2*9-10,13,15,17H,5-8,11-12H2,1-4H3;2*8-9,12,14,16H,5-7,10-11H2,1-4H3/i2D3,4D3,5D2,6D2,7D2,8D2,9D,10D,13D,17D;2D3,3D3,4D3,5D2,8D2,9D,10D,11D2,12D2,15D;3D3,4D3,8D,9D,10D2,11D2,14D;3D3,4D3,5D2,6D2,8D,9D,16D. The Hall–Kier alpha value is -6.20. The van der Waals surface area contributed by atoms with Crippen molar-refractivity contribution in [3.8, 4) is 46.0 Å². The van der Waals surface area contributed by atoms with Crippen LogP contribution in [-0.4, -0.2) is 151 Å². The van der Waals surface area contributed by atoms with E-state index in [0.29, 0.717) is 30.1 Å². The van der Waals surface area contributed by atoms with Gasteiger partial charge < -0.3 is 37.9 Å². The maximum absolute atomic E-state index is 13.9. The SMILES string of the molecule is [2H]c1c(OC([2H])([2H])[2H])c(OC([2H])([2H])[2H])c([2H])c2c1C1([2H])CC(=O)C(CC(C)C)CN1C([2H])([2H])C2([2H])[2H].[2H]c1c(OC([2H])([2H])[2H])c(OC)c([2H])c2c1C1([2H])CC(=O)C(C([2H])([2H])C([2H])(C([2H])([2H])[2H])C([2H])([2H])C)CN1C([2H])([2H])C2([2H])[2H].[2H]c1c2c(c([2H])c(OC([2H])([2H])[2H])c1OC([2H])([2H])[2H])C1N(CC2)C([2H])([2H])C([2H])(C([2H])([2H])C(C([2H])([2H])[2H])C([2H])([2H])C)C(=O)C1([2H])[2H].[2H]c1c2c(c([2H])c(OC([2H])([2H])[2H])c1OC([2H])([2H])[2H])C1N(CC2)C([2H])([2H])C([2H])(CC(C)C)C(=O)C1([2H])[2H]. The molecule has 516 valence electrons. The zero-order chi connectivity index (χ0) is 123. The number of rotatable bonds is 18. The molecule has 4 fully saturated rings. The van der Waals surface area contributed by atoms with Crippen molar-refractivity contribution in [1.82, 2.24) is 19.6 Å². The van der Waals surface area contributed by atoms with Crippen LogP contribution in [0.1, 0.15) is 276 Å². The summed E-state index contributed by atoms with van der Waals surface area (Å²) < 4.78 is 560. The molecule has 4 saturated heterocycles. The van der Waals surface area contributed by atoms with Crippen LogP contribution in [0, 0.1) is 47.3 Å². The van der Waals surface area contributed by atoms with Gasteiger partial charge in [-0.1, -0.05) is 68.0 Å². The minimum absolute atomic E-state index is 0.0438. The Morgan fingerprint density at radius 1 is 0.511 bits per heavy atom. The largest absolute Gasteiger partial charge is 0.493 e. The Kier molecular flexibility index (Phi) is 9.01. The van der Waals surface area contributed by atoms with E-state index in [-0.39, 0.29) is 54.5 Å². The molecule has 10 atom stereocenters. The number of hydrogen-bond donors (Lipinski definition) is 0. The van der Waals surface area contributed by atoms with Crippen molar-refractivity contribution in [2.45, 2.75) is 169 Å². The Morgan fingerprint density at radius 2 is 0.926 bits per heavy atom. The number of fused-ring (bicyclic) bond motifs is 12. The lowest BCUT2D eigenvalue weighted by atomic mass is 9.79. The summed E-state index contributed by atoms with van der Waals surface area (Å²) in [5.74, 6) is -29.0. The molecule has 4 aromatic carbocycles. The highest BCUT2D eigenvalue weighted by atomic mass is 16.5. The summed E-state index contributed by atoms with van der Waals surface area (Å²) in [5, 5.41) is 0. The second-order valence-electron chi connectivity index (χ2n) is 22.5. The number of piperidine rings is 4. The highest BCUT2D eigenvalue weighted by Crippen LogP contribution is 2.48. The second-order valence-corrected chi connectivity index (χ2v) is 22.5. The van der Waals surface area contributed by atoms with Gasteiger partial charge in [0.25, 0.3) is 0 Å². The van der Waals surface area contributed by atoms with Gasteiger partial charge in [-0.25, -0.2) is 0 Å². The highest BCUT2D eigenvalue weighted by Gasteiger charge is 2.43. The molecule has 0 aliphatic carbocycles. The zero-order valence-corrected chi connectivity index (χ0v) is 51.8. The lowest BCUT2D eigenvalue weighted by Gasteiger charge is -2.43. The fraction of sp³-hybridized carbons (Fsp3) is 0.641. The average molecular weight is 1360 g/mol. The van der Waals surface area contributed by atoms with Gasteiger partial charge in [0.2, 0.25) is 0 Å². The number of ether oxygens (including phenoxy) is 8. The molecule has 0 saturated carbocycles. The molecule has 0 spiro atoms. The summed E-state index contributed by atoms with van der Waals surface area (Å²) in [6.07, 6.45) is -28.9. The summed E-state index contributed by atoms with van der Waals surface area (Å²) >= 11 is 0. The first-order valence-electron chi connectivity index (χ1n) is 61.1. The molecule has 0 N–H and O–H groups in total. The summed E-state index contributed by atoms with van der Waals surface area (Å²) in [5.41, 5.74) is -4.73. The van der Waals surface area contributed by atoms with Gasteiger partial charge >= 0.3 is 0 Å². The Bertz CT molecular complexity index is 6180. The molecule has 0 radical (unpaired) electrons. The van der Waals surface area contributed by atoms with Crippen LogP contribution in [0.15, 0.2) is 48.3 Å². The third-order valence-corrected chi connectivity index (χ3v) is 15.5. The lowest BCUT2D eigenvalue weighted by Crippen LogP contribution is -2.46. The molecule has 8 aliphatic rings. The van der Waals surface area contributed by atoms with Gasteiger partial charge in [0.15, 0.2) is 46.0 Å². The van der Waals surface area contributed by atoms with E-state index in [1.54, 1.807) is 13.8 Å². The molecule has 0 amide bonds. The molecule has 10 unspecified atom stereocenters. The van der Waals surface area contributed by atoms with Crippen molar-refractivity contribution < 1.29 is 145 Å². The molecule has 4 aromatic rings. The average Bonchev–Trinajstić information content (AvgIpc) is 0.678. The summed E-state index contributed by atoms with van der Waals surface area (Å²) in [6.45, 7) is -14.0. The van der Waals surface area contributed by atoms with E-state index in [9.17, 15) is 20.5 Å². The van der Waals surface area contributed by atoms with Crippen LogP contribution in [0.3, 0.4) is 0 Å². The first kappa shape index (κ1) is 25.9. The number of carbonyl (C=O) groups is 4. The molecular weight excluding hydrogens is 1180 g/mol. The number of hydrogen-bond acceptors (Lipinski definition) is 16. The van der Waals surface area contributed by atoms with Crippen LogP contribution in [-0.2, 0) is 44.8 Å². The van der Waals surface area contributed by atoms with Crippen molar-refractivity contribution in [2.75, 3.05) is 109 Å². The van der Waals surface area contributed by atoms with E-state index in [1.165, 1.54) is 0 Å². The van der Waals surface area contributed by atoms with Gasteiger partial charge in [-0.15, -0.1) is 0 Å². The van der Waals surface area contributed by atoms with E-state index in [2.05, 4.69) is 0 Å². The quantitative estimate of drug-likeness (QED) is 0.0926. The number of methoxy groups -OCH3 is 8. The van der Waals surface area contributed by atoms with E-state index >= 15 is 0 Å². The van der Waals surface area contributed by atoms with E-state index in [0.717, 1.165) is 16.9 Å². The van der Waals surface area contributed by atoms with E-state index in [1.807, 2.05) is 13.8 Å². The number of nitrogens with zero attached hydrogens (tertiary/aromatic N) is 4. The van der Waals surface area contributed by atoms with Gasteiger partial charge in [0, 0.05) is 171 Å². The Balaban J connectivity index is 0.000000233. The second kappa shape index (κ2) is 32.7. The van der Waals surface area contributed by atoms with Crippen molar-refractivity contribution in [3.05, 3.63) is 92.8 Å². The summed E-state index contributed by atoms with van der Waals surface area (Å²) in [7, 11) is -21.8. The topological polar surface area (TPSA) is 155 Å². The van der Waals surface area contributed by atoms with Gasteiger partial charge in [0.05, 0.1) is 98.9 Å². The third-order valence-electron chi connectivity index (χ3n) is 15.5. The fourth-order valence-electron chi connectivity index (χ4n) is 11.0. The summed E-state index contributed by atoms with van der Waals surface area (Å²) in [4.78, 5) is 56.6. The fourth-order valence-corrected chi connectivity index (χ4v) is 11.0. The van der Waals surface area contributed by atoms with Crippen LogP contribution in [0.2, 0.25) is 0 Å². The molecule has 0 bridgehead atoms. The predicted octanol–water partition coefficient (Wildman–Crippen LogP) is 13.7. The number of Topliss-reactive ketones (excluding diaryl/α,β-unsaturated/α-hetero) is 4. The molecule has 16 heteroatoms. The first-order chi connectivity index (χ1) is 69.8. The molecule has 8 heterocycles. The van der Waals surface area contributed by atoms with Crippen LogP contribution < -0.4 is 37.9 Å². The van der Waals surface area contributed by atoms with Crippen LogP contribution in [0.4, 0.5) is 0 Å². The van der Waals surface area contributed by atoms with Crippen molar-refractivity contribution in [3.63, 3.8) is 0 Å². The maximum atomic E-state index is 13.9.